The summed E-state index contributed by atoms with van der Waals surface area (Å²) in [6, 6.07) is 7.06. The van der Waals surface area contributed by atoms with Gasteiger partial charge < -0.3 is 23.8 Å². The molecule has 2 aromatic heterocycles. The van der Waals surface area contributed by atoms with Crippen LogP contribution in [-0.4, -0.2) is 57.7 Å². The van der Waals surface area contributed by atoms with Crippen molar-refractivity contribution in [2.24, 2.45) is 0 Å². The number of imidazole rings is 1. The predicted octanol–water partition coefficient (Wildman–Crippen LogP) is 4.19. The van der Waals surface area contributed by atoms with Crippen molar-refractivity contribution in [3.8, 4) is 5.75 Å². The molecule has 1 aliphatic rings. The minimum atomic E-state index is -4.18. The van der Waals surface area contributed by atoms with E-state index in [2.05, 4.69) is 53.9 Å². The topological polar surface area (TPSA) is 167 Å². The van der Waals surface area contributed by atoms with E-state index in [0.717, 1.165) is 0 Å². The lowest BCUT2D eigenvalue weighted by Gasteiger charge is -2.39. The second kappa shape index (κ2) is 11.3. The van der Waals surface area contributed by atoms with Crippen LogP contribution >= 0.6 is 7.75 Å². The van der Waals surface area contributed by atoms with Gasteiger partial charge in [-0.3, -0.25) is 18.7 Å². The van der Waals surface area contributed by atoms with Crippen molar-refractivity contribution in [1.29, 1.82) is 0 Å². The third kappa shape index (κ3) is 6.53. The molecule has 0 saturated carbocycles. The molecule has 4 atom stereocenters. The number of H-pyrrole nitrogens is 1. The quantitative estimate of drug-likeness (QED) is 0.216. The van der Waals surface area contributed by atoms with E-state index in [1.54, 1.807) is 41.0 Å². The molecule has 3 heterocycles. The largest absolute Gasteiger partial charge is 0.480 e. The standard InChI is InChI=1S/C25H34N5O8PSi/c1-16(24(32)33)29-39(34,37-17-10-8-7-9-11-17)35-13-18-12-19(38-40(5,6)25(2,3)4)23(36-18)30-15-28-20-21(30)26-14-27-22(20)31/h7-12,14-16,19,23H,13H2,1-6H3,(H,29,34)(H,32,33)(H,26,27,31)/t16-,19+,23+,39-/m0/s1. The molecular weight excluding hydrogens is 557 g/mol. The van der Waals surface area contributed by atoms with Crippen LogP contribution in [-0.2, 0) is 23.0 Å². The number of nitrogens with one attached hydrogen (secondary N) is 2. The Labute approximate surface area is 232 Å². The number of para-hydroxylation sites is 1. The number of carbonyl (C=O) groups is 1. The maximum atomic E-state index is 13.6. The van der Waals surface area contributed by atoms with Crippen LogP contribution in [0.2, 0.25) is 18.1 Å². The third-order valence-corrected chi connectivity index (χ3v) is 12.9. The summed E-state index contributed by atoms with van der Waals surface area (Å²) in [5.74, 6) is -0.716. The second-order valence-corrected chi connectivity index (χ2v) is 17.4. The third-order valence-electron chi connectivity index (χ3n) is 6.85. The summed E-state index contributed by atoms with van der Waals surface area (Å²) in [6.45, 7) is 11.5. The lowest BCUT2D eigenvalue weighted by Crippen LogP contribution is -2.45. The lowest BCUT2D eigenvalue weighted by molar-refractivity contribution is -0.138. The highest BCUT2D eigenvalue weighted by Crippen LogP contribution is 2.46. The van der Waals surface area contributed by atoms with Crippen LogP contribution in [0.1, 0.15) is 33.9 Å². The summed E-state index contributed by atoms with van der Waals surface area (Å²) in [5, 5.41) is 11.7. The number of aromatic amines is 1. The van der Waals surface area contributed by atoms with E-state index >= 15 is 0 Å². The van der Waals surface area contributed by atoms with Crippen molar-refractivity contribution in [3.05, 3.63) is 65.2 Å². The number of nitrogens with zero attached hydrogens (tertiary/aromatic N) is 3. The van der Waals surface area contributed by atoms with Crippen LogP contribution in [0.5, 0.6) is 5.75 Å². The fraction of sp³-hybridized carbons (Fsp3) is 0.440. The van der Waals surface area contributed by atoms with Gasteiger partial charge in [-0.15, -0.1) is 0 Å². The number of aliphatic carboxylic acids is 1. The molecule has 0 spiro atoms. The van der Waals surface area contributed by atoms with Crippen molar-refractivity contribution in [3.63, 3.8) is 0 Å². The molecule has 0 bridgehead atoms. The Morgan fingerprint density at radius 1 is 1.27 bits per heavy atom. The van der Waals surface area contributed by atoms with E-state index in [0.29, 0.717) is 5.65 Å². The van der Waals surface area contributed by atoms with Gasteiger partial charge in [0.1, 0.15) is 36.6 Å². The Balaban J connectivity index is 1.62. The first kappa shape index (κ1) is 29.7. The molecule has 4 rings (SSSR count). The predicted molar refractivity (Wildman–Crippen MR) is 149 cm³/mol. The highest BCUT2D eigenvalue weighted by atomic mass is 31.2. The number of hydrogen-bond donors (Lipinski definition) is 3. The van der Waals surface area contributed by atoms with Gasteiger partial charge in [0.05, 0.1) is 6.33 Å². The van der Waals surface area contributed by atoms with Gasteiger partial charge in [-0.2, -0.15) is 5.09 Å². The number of hydrogen-bond acceptors (Lipinski definition) is 9. The SMILES string of the molecule is C[C@H](N[P@](=O)(OCC1=C[C@@H](O[Si](C)(C)C(C)(C)C)[C@H](n2cnc3c(=O)[nH]cnc32)O1)Oc1ccccc1)C(=O)O. The first-order chi connectivity index (χ1) is 18.7. The van der Waals surface area contributed by atoms with Gasteiger partial charge in [-0.05, 0) is 43.3 Å². The number of carboxylic acid groups (broad SMARTS) is 1. The van der Waals surface area contributed by atoms with Crippen LogP contribution in [0.15, 0.2) is 59.6 Å². The normalized spacial score (nSPS) is 20.0. The van der Waals surface area contributed by atoms with Crippen molar-refractivity contribution >= 4 is 33.2 Å². The molecule has 3 N–H and O–H groups in total. The molecule has 0 fully saturated rings. The maximum Gasteiger partial charge on any atom is 0.459 e. The molecular formula is C25H34N5O8PSi. The molecule has 216 valence electrons. The first-order valence-corrected chi connectivity index (χ1v) is 17.1. The number of ether oxygens (including phenoxy) is 1. The van der Waals surface area contributed by atoms with E-state index in [4.69, 9.17) is 18.2 Å². The highest BCUT2D eigenvalue weighted by molar-refractivity contribution is 7.52. The minimum Gasteiger partial charge on any atom is -0.480 e. The van der Waals surface area contributed by atoms with E-state index in [1.807, 2.05) is 0 Å². The van der Waals surface area contributed by atoms with E-state index < -0.39 is 46.0 Å². The lowest BCUT2D eigenvalue weighted by atomic mass is 10.2. The number of rotatable bonds is 11. The molecule has 0 amide bonds. The van der Waals surface area contributed by atoms with Gasteiger partial charge in [0.2, 0.25) is 6.23 Å². The smallest absolute Gasteiger partial charge is 0.459 e. The summed E-state index contributed by atoms with van der Waals surface area (Å²) in [7, 11) is -6.50. The fourth-order valence-electron chi connectivity index (χ4n) is 3.63. The van der Waals surface area contributed by atoms with Crippen LogP contribution < -0.4 is 15.2 Å². The Morgan fingerprint density at radius 3 is 2.62 bits per heavy atom. The monoisotopic (exact) mass is 591 g/mol. The second-order valence-electron chi connectivity index (χ2n) is 10.9. The summed E-state index contributed by atoms with van der Waals surface area (Å²) in [6.07, 6.45) is 3.06. The van der Waals surface area contributed by atoms with Gasteiger partial charge in [-0.1, -0.05) is 39.0 Å². The molecule has 15 heteroatoms. The molecule has 3 aromatic rings. The summed E-state index contributed by atoms with van der Waals surface area (Å²) < 4.78 is 39.4. The zero-order valence-corrected chi connectivity index (χ0v) is 25.0. The van der Waals surface area contributed by atoms with Crippen molar-refractivity contribution < 1.29 is 32.7 Å². The van der Waals surface area contributed by atoms with Crippen molar-refractivity contribution in [2.45, 2.75) is 64.2 Å². The Kier molecular flexibility index (Phi) is 8.38. The number of carboxylic acids is 1. The molecule has 0 saturated heterocycles. The van der Waals surface area contributed by atoms with Crippen LogP contribution in [0, 0.1) is 0 Å². The Morgan fingerprint density at radius 2 is 1.98 bits per heavy atom. The summed E-state index contributed by atoms with van der Waals surface area (Å²) in [5.41, 5.74) is 0.0652. The van der Waals surface area contributed by atoms with Gasteiger partial charge in [0.25, 0.3) is 5.56 Å². The number of aromatic nitrogens is 4. The van der Waals surface area contributed by atoms with Crippen molar-refractivity contribution in [1.82, 2.24) is 24.6 Å². The zero-order chi connectivity index (χ0) is 29.3. The van der Waals surface area contributed by atoms with Crippen LogP contribution in [0.4, 0.5) is 0 Å². The van der Waals surface area contributed by atoms with E-state index in [9.17, 15) is 19.3 Å². The molecule has 13 nitrogen and oxygen atoms in total. The average molecular weight is 592 g/mol. The van der Waals surface area contributed by atoms with Crippen molar-refractivity contribution in [2.75, 3.05) is 6.61 Å². The van der Waals surface area contributed by atoms with Gasteiger partial charge in [-0.25, -0.2) is 14.5 Å². The maximum absolute atomic E-state index is 13.6. The van der Waals surface area contributed by atoms with E-state index in [1.165, 1.54) is 19.6 Å². The summed E-state index contributed by atoms with van der Waals surface area (Å²) in [4.78, 5) is 34.7. The van der Waals surface area contributed by atoms with Gasteiger partial charge >= 0.3 is 13.7 Å². The Bertz CT molecular complexity index is 1500. The number of fused-ring (bicyclic) bond motifs is 1. The molecule has 0 unspecified atom stereocenters. The van der Waals surface area contributed by atoms with Crippen LogP contribution in [0.3, 0.4) is 0 Å². The number of benzene rings is 1. The fourth-order valence-corrected chi connectivity index (χ4v) is 6.31. The van der Waals surface area contributed by atoms with E-state index in [-0.39, 0.29) is 28.7 Å². The van der Waals surface area contributed by atoms with Gasteiger partial charge in [0, 0.05) is 0 Å². The van der Waals surface area contributed by atoms with Gasteiger partial charge in [0.15, 0.2) is 19.5 Å². The molecule has 0 aliphatic carbocycles. The van der Waals surface area contributed by atoms with Crippen LogP contribution in [0.25, 0.3) is 11.2 Å². The Hall–Kier alpha value is -3.29. The average Bonchev–Trinajstić information content (AvgIpc) is 3.47. The zero-order valence-electron chi connectivity index (χ0n) is 23.2. The molecule has 40 heavy (non-hydrogen) atoms. The molecule has 0 radical (unpaired) electrons. The summed E-state index contributed by atoms with van der Waals surface area (Å²) >= 11 is 0. The molecule has 1 aliphatic heterocycles. The minimum absolute atomic E-state index is 0.118. The first-order valence-electron chi connectivity index (χ1n) is 12.6. The molecule has 1 aromatic carbocycles. The highest BCUT2D eigenvalue weighted by Gasteiger charge is 2.44.